The summed E-state index contributed by atoms with van der Waals surface area (Å²) in [6, 6.07) is 9.41. The van der Waals surface area contributed by atoms with Crippen LogP contribution in [0.15, 0.2) is 30.3 Å². The normalized spacial score (nSPS) is 22.7. The second-order valence-corrected chi connectivity index (χ2v) is 6.85. The van der Waals surface area contributed by atoms with Crippen LogP contribution in [-0.4, -0.2) is 28.2 Å². The molecule has 2 amide bonds. The topological polar surface area (TPSA) is 63.4 Å². The Kier molecular flexibility index (Phi) is 3.89. The molecule has 0 aliphatic carbocycles. The maximum Gasteiger partial charge on any atom is 0.240 e. The highest BCUT2D eigenvalue weighted by Gasteiger charge is 2.50. The highest BCUT2D eigenvalue weighted by Crippen LogP contribution is 2.37. The standard InChI is InChI=1S/C16H20N2O2S/c1-15(2,13(17)21)10-18-12(19)9-16(3,14(18)20)11-7-5-4-6-8-11/h4-8H,9-10H2,1-3H3,(H2,17,21). The van der Waals surface area contributed by atoms with Crippen LogP contribution in [0.2, 0.25) is 0 Å². The number of nitrogens with zero attached hydrogens (tertiary/aromatic N) is 1. The summed E-state index contributed by atoms with van der Waals surface area (Å²) in [6.45, 7) is 5.72. The van der Waals surface area contributed by atoms with E-state index in [2.05, 4.69) is 0 Å². The monoisotopic (exact) mass is 304 g/mol. The Bertz CT molecular complexity index is 598. The van der Waals surface area contributed by atoms with E-state index in [9.17, 15) is 9.59 Å². The fraction of sp³-hybridized carbons (Fsp3) is 0.438. The van der Waals surface area contributed by atoms with Gasteiger partial charge in [0, 0.05) is 18.4 Å². The van der Waals surface area contributed by atoms with Gasteiger partial charge < -0.3 is 5.73 Å². The van der Waals surface area contributed by atoms with Crippen molar-refractivity contribution in [2.45, 2.75) is 32.6 Å². The van der Waals surface area contributed by atoms with Crippen molar-refractivity contribution in [2.75, 3.05) is 6.54 Å². The van der Waals surface area contributed by atoms with Gasteiger partial charge in [-0.05, 0) is 12.5 Å². The number of thiocarbonyl (C=S) groups is 1. The molecule has 0 spiro atoms. The largest absolute Gasteiger partial charge is 0.393 e. The van der Waals surface area contributed by atoms with Gasteiger partial charge in [-0.3, -0.25) is 14.5 Å². The van der Waals surface area contributed by atoms with Crippen LogP contribution in [0, 0.1) is 5.41 Å². The summed E-state index contributed by atoms with van der Waals surface area (Å²) in [6.07, 6.45) is 0.184. The number of imide groups is 1. The van der Waals surface area contributed by atoms with Gasteiger partial charge in [0.15, 0.2) is 0 Å². The van der Waals surface area contributed by atoms with Crippen LogP contribution in [0.4, 0.5) is 0 Å². The highest BCUT2D eigenvalue weighted by atomic mass is 32.1. The molecule has 21 heavy (non-hydrogen) atoms. The lowest BCUT2D eigenvalue weighted by atomic mass is 9.81. The Balaban J connectivity index is 2.31. The second kappa shape index (κ2) is 5.22. The van der Waals surface area contributed by atoms with E-state index in [0.717, 1.165) is 5.56 Å². The molecule has 1 aliphatic rings. The van der Waals surface area contributed by atoms with Crippen molar-refractivity contribution in [3.63, 3.8) is 0 Å². The van der Waals surface area contributed by atoms with E-state index in [4.69, 9.17) is 18.0 Å². The molecular formula is C16H20N2O2S. The number of carbonyl (C=O) groups is 2. The minimum Gasteiger partial charge on any atom is -0.393 e. The number of hydrogen-bond donors (Lipinski definition) is 1. The Hall–Kier alpha value is -1.75. The summed E-state index contributed by atoms with van der Waals surface area (Å²) in [4.78, 5) is 26.7. The van der Waals surface area contributed by atoms with Crippen LogP contribution in [-0.2, 0) is 15.0 Å². The predicted octanol–water partition coefficient (Wildman–Crippen LogP) is 2.02. The molecule has 1 fully saturated rings. The number of nitrogens with two attached hydrogens (primary N) is 1. The summed E-state index contributed by atoms with van der Waals surface area (Å²) in [5.74, 6) is -0.348. The van der Waals surface area contributed by atoms with E-state index in [1.807, 2.05) is 51.1 Å². The van der Waals surface area contributed by atoms with E-state index in [1.54, 1.807) is 0 Å². The molecule has 0 aromatic heterocycles. The molecule has 4 nitrogen and oxygen atoms in total. The lowest BCUT2D eigenvalue weighted by molar-refractivity contribution is -0.140. The number of likely N-dealkylation sites (tertiary alicyclic amines) is 1. The molecule has 5 heteroatoms. The van der Waals surface area contributed by atoms with Gasteiger partial charge in [-0.1, -0.05) is 56.4 Å². The summed E-state index contributed by atoms with van der Waals surface area (Å²) >= 11 is 5.02. The van der Waals surface area contributed by atoms with Crippen molar-refractivity contribution in [1.29, 1.82) is 0 Å². The van der Waals surface area contributed by atoms with Crippen molar-refractivity contribution < 1.29 is 9.59 Å². The molecule has 1 heterocycles. The molecule has 2 N–H and O–H groups in total. The van der Waals surface area contributed by atoms with E-state index in [1.165, 1.54) is 4.90 Å². The van der Waals surface area contributed by atoms with Crippen LogP contribution in [0.5, 0.6) is 0 Å². The maximum atomic E-state index is 12.8. The van der Waals surface area contributed by atoms with Crippen LogP contribution in [0.25, 0.3) is 0 Å². The van der Waals surface area contributed by atoms with Crippen molar-refractivity contribution >= 4 is 29.0 Å². The van der Waals surface area contributed by atoms with Gasteiger partial charge in [0.1, 0.15) is 0 Å². The SMILES string of the molecule is CC(C)(CN1C(=O)CC(C)(c2ccccc2)C1=O)C(N)=S. The smallest absolute Gasteiger partial charge is 0.240 e. The zero-order valence-corrected chi connectivity index (χ0v) is 13.4. The average Bonchev–Trinajstić information content (AvgIpc) is 2.64. The third-order valence-electron chi connectivity index (χ3n) is 4.15. The lowest BCUT2D eigenvalue weighted by Gasteiger charge is -2.29. The van der Waals surface area contributed by atoms with Crippen molar-refractivity contribution in [2.24, 2.45) is 11.1 Å². The lowest BCUT2D eigenvalue weighted by Crippen LogP contribution is -2.46. The minimum absolute atomic E-state index is 0.171. The predicted molar refractivity (Wildman–Crippen MR) is 85.7 cm³/mol. The average molecular weight is 304 g/mol. The summed E-state index contributed by atoms with van der Waals surface area (Å²) in [5, 5.41) is 0. The van der Waals surface area contributed by atoms with Crippen LogP contribution >= 0.6 is 12.2 Å². The summed E-state index contributed by atoms with van der Waals surface area (Å²) < 4.78 is 0. The molecule has 112 valence electrons. The van der Waals surface area contributed by atoms with Crippen LogP contribution in [0.3, 0.4) is 0 Å². The Labute approximate surface area is 130 Å². The molecular weight excluding hydrogens is 284 g/mol. The minimum atomic E-state index is -0.801. The quantitative estimate of drug-likeness (QED) is 0.683. The van der Waals surface area contributed by atoms with Gasteiger partial charge in [0.05, 0.1) is 10.4 Å². The number of rotatable bonds is 4. The number of amides is 2. The molecule has 1 aliphatic heterocycles. The fourth-order valence-electron chi connectivity index (χ4n) is 2.55. The zero-order valence-electron chi connectivity index (χ0n) is 12.6. The van der Waals surface area contributed by atoms with Crippen molar-refractivity contribution in [3.05, 3.63) is 35.9 Å². The Morgan fingerprint density at radius 2 is 1.90 bits per heavy atom. The van der Waals surface area contributed by atoms with Crippen molar-refractivity contribution in [3.8, 4) is 0 Å². The van der Waals surface area contributed by atoms with E-state index >= 15 is 0 Å². The molecule has 1 unspecified atom stereocenters. The molecule has 1 aromatic carbocycles. The third-order valence-corrected chi connectivity index (χ3v) is 4.71. The zero-order chi connectivity index (χ0) is 15.8. The van der Waals surface area contributed by atoms with Gasteiger partial charge in [-0.25, -0.2) is 0 Å². The number of benzene rings is 1. The van der Waals surface area contributed by atoms with E-state index in [-0.39, 0.29) is 24.8 Å². The van der Waals surface area contributed by atoms with E-state index in [0.29, 0.717) is 4.99 Å². The van der Waals surface area contributed by atoms with Crippen LogP contribution < -0.4 is 5.73 Å². The molecule has 1 atom stereocenters. The van der Waals surface area contributed by atoms with Gasteiger partial charge in [-0.15, -0.1) is 0 Å². The van der Waals surface area contributed by atoms with E-state index < -0.39 is 10.8 Å². The first-order valence-corrected chi connectivity index (χ1v) is 7.29. The fourth-order valence-corrected chi connectivity index (χ4v) is 2.61. The van der Waals surface area contributed by atoms with Gasteiger partial charge in [0.25, 0.3) is 0 Å². The number of hydrogen-bond acceptors (Lipinski definition) is 3. The Morgan fingerprint density at radius 3 is 2.43 bits per heavy atom. The second-order valence-electron chi connectivity index (χ2n) is 6.41. The molecule has 0 bridgehead atoms. The molecule has 1 saturated heterocycles. The molecule has 0 radical (unpaired) electrons. The first kappa shape index (κ1) is 15.6. The third kappa shape index (κ3) is 2.70. The van der Waals surface area contributed by atoms with Gasteiger partial charge in [-0.2, -0.15) is 0 Å². The van der Waals surface area contributed by atoms with Gasteiger partial charge in [0.2, 0.25) is 11.8 Å². The summed E-state index contributed by atoms with van der Waals surface area (Å²) in [7, 11) is 0. The first-order chi connectivity index (χ1) is 9.68. The molecule has 2 rings (SSSR count). The highest BCUT2D eigenvalue weighted by molar-refractivity contribution is 7.80. The summed E-state index contributed by atoms with van der Waals surface area (Å²) in [5.41, 5.74) is 5.19. The van der Waals surface area contributed by atoms with Crippen LogP contribution in [0.1, 0.15) is 32.8 Å². The number of carbonyl (C=O) groups excluding carboxylic acids is 2. The first-order valence-electron chi connectivity index (χ1n) is 6.89. The maximum absolute atomic E-state index is 12.8. The van der Waals surface area contributed by atoms with Gasteiger partial charge >= 0.3 is 0 Å². The molecule has 0 saturated carbocycles. The Morgan fingerprint density at radius 1 is 1.33 bits per heavy atom. The molecule has 1 aromatic rings. The van der Waals surface area contributed by atoms with Crippen molar-refractivity contribution in [1.82, 2.24) is 4.90 Å².